The molecule has 4 heteroatoms. The van der Waals surface area contributed by atoms with Crippen LogP contribution in [0.5, 0.6) is 0 Å². The number of ether oxygens (including phenoxy) is 1. The van der Waals surface area contributed by atoms with Crippen LogP contribution in [0.25, 0.3) is 0 Å². The summed E-state index contributed by atoms with van der Waals surface area (Å²) in [5.74, 6) is -0.755. The summed E-state index contributed by atoms with van der Waals surface area (Å²) < 4.78 is 5.14. The average molecular weight is 311 g/mol. The Balaban J connectivity index is 2.33. The number of hydrogen-bond acceptors (Lipinski definition) is 3. The standard InChI is InChI=1S/C19H21NO3/c1-4-23-19(22)17(16-12-13(2)10-11-14(16)3)20-18(21)15-8-6-5-7-9-15/h5-12,17H,4H2,1-3H3,(H,20,21). The van der Waals surface area contributed by atoms with E-state index in [0.29, 0.717) is 5.56 Å². The van der Waals surface area contributed by atoms with Crippen LogP contribution in [0.1, 0.15) is 40.0 Å². The number of hydrogen-bond donors (Lipinski definition) is 1. The van der Waals surface area contributed by atoms with E-state index < -0.39 is 12.0 Å². The van der Waals surface area contributed by atoms with Crippen molar-refractivity contribution in [2.45, 2.75) is 26.8 Å². The summed E-state index contributed by atoms with van der Waals surface area (Å²) in [6.45, 7) is 5.87. The molecular formula is C19H21NO3. The maximum atomic E-state index is 12.4. The van der Waals surface area contributed by atoms with Crippen molar-refractivity contribution in [3.8, 4) is 0 Å². The first-order chi connectivity index (χ1) is 11.0. The van der Waals surface area contributed by atoms with Crippen LogP contribution in [0.3, 0.4) is 0 Å². The van der Waals surface area contributed by atoms with Gasteiger partial charge in [0.1, 0.15) is 0 Å². The second kappa shape index (κ2) is 7.58. The lowest BCUT2D eigenvalue weighted by molar-refractivity contribution is -0.145. The monoisotopic (exact) mass is 311 g/mol. The van der Waals surface area contributed by atoms with Gasteiger partial charge >= 0.3 is 5.97 Å². The number of rotatable bonds is 5. The van der Waals surface area contributed by atoms with Gasteiger partial charge < -0.3 is 10.1 Å². The molecule has 0 aromatic heterocycles. The van der Waals surface area contributed by atoms with Gasteiger partial charge in [-0.1, -0.05) is 42.0 Å². The first-order valence-corrected chi connectivity index (χ1v) is 7.62. The quantitative estimate of drug-likeness (QED) is 0.862. The maximum Gasteiger partial charge on any atom is 0.333 e. The van der Waals surface area contributed by atoms with Crippen LogP contribution in [-0.2, 0) is 9.53 Å². The van der Waals surface area contributed by atoms with Crippen molar-refractivity contribution in [1.29, 1.82) is 0 Å². The minimum Gasteiger partial charge on any atom is -0.464 e. The minimum atomic E-state index is -0.817. The van der Waals surface area contributed by atoms with Gasteiger partial charge in [0, 0.05) is 5.56 Å². The number of benzene rings is 2. The van der Waals surface area contributed by atoms with Gasteiger partial charge in [0.2, 0.25) is 0 Å². The molecule has 0 bridgehead atoms. The summed E-state index contributed by atoms with van der Waals surface area (Å²) in [6.07, 6.45) is 0. The summed E-state index contributed by atoms with van der Waals surface area (Å²) in [5.41, 5.74) is 3.22. The summed E-state index contributed by atoms with van der Waals surface area (Å²) in [7, 11) is 0. The molecule has 4 nitrogen and oxygen atoms in total. The van der Waals surface area contributed by atoms with E-state index in [2.05, 4.69) is 5.32 Å². The molecule has 1 N–H and O–H groups in total. The number of carbonyl (C=O) groups excluding carboxylic acids is 2. The lowest BCUT2D eigenvalue weighted by atomic mass is 9.98. The van der Waals surface area contributed by atoms with E-state index >= 15 is 0 Å². The van der Waals surface area contributed by atoms with Crippen molar-refractivity contribution in [2.75, 3.05) is 6.61 Å². The van der Waals surface area contributed by atoms with Gasteiger partial charge in [-0.15, -0.1) is 0 Å². The van der Waals surface area contributed by atoms with Crippen LogP contribution in [-0.4, -0.2) is 18.5 Å². The number of aryl methyl sites for hydroxylation is 2. The molecule has 2 rings (SSSR count). The van der Waals surface area contributed by atoms with Crippen LogP contribution in [0.4, 0.5) is 0 Å². The average Bonchev–Trinajstić information content (AvgIpc) is 2.56. The van der Waals surface area contributed by atoms with Gasteiger partial charge in [0.25, 0.3) is 5.91 Å². The first kappa shape index (κ1) is 16.7. The van der Waals surface area contributed by atoms with Crippen molar-refractivity contribution in [3.05, 3.63) is 70.8 Å². The van der Waals surface area contributed by atoms with Crippen molar-refractivity contribution in [2.24, 2.45) is 0 Å². The highest BCUT2D eigenvalue weighted by atomic mass is 16.5. The minimum absolute atomic E-state index is 0.265. The molecule has 120 valence electrons. The number of amides is 1. The molecule has 2 aromatic carbocycles. The molecular weight excluding hydrogens is 290 g/mol. The molecule has 0 aliphatic rings. The zero-order chi connectivity index (χ0) is 16.8. The molecule has 0 saturated heterocycles. The Kier molecular flexibility index (Phi) is 5.52. The van der Waals surface area contributed by atoms with E-state index in [9.17, 15) is 9.59 Å². The van der Waals surface area contributed by atoms with Gasteiger partial charge in [-0.05, 0) is 44.0 Å². The molecule has 0 aliphatic heterocycles. The predicted octanol–water partition coefficient (Wildman–Crippen LogP) is 3.34. The molecule has 0 fully saturated rings. The zero-order valence-electron chi connectivity index (χ0n) is 13.6. The van der Waals surface area contributed by atoms with Gasteiger partial charge in [-0.3, -0.25) is 4.79 Å². The third-order valence-corrected chi connectivity index (χ3v) is 3.58. The Morgan fingerprint density at radius 1 is 1.09 bits per heavy atom. The van der Waals surface area contributed by atoms with E-state index in [1.165, 1.54) is 0 Å². The van der Waals surface area contributed by atoms with E-state index in [1.807, 2.05) is 38.1 Å². The third kappa shape index (κ3) is 4.19. The lowest BCUT2D eigenvalue weighted by Gasteiger charge is -2.20. The Bertz CT molecular complexity index is 695. The fourth-order valence-corrected chi connectivity index (χ4v) is 2.36. The molecule has 0 radical (unpaired) electrons. The highest BCUT2D eigenvalue weighted by Gasteiger charge is 2.26. The molecule has 1 atom stereocenters. The van der Waals surface area contributed by atoms with Crippen LogP contribution in [0.2, 0.25) is 0 Å². The first-order valence-electron chi connectivity index (χ1n) is 7.62. The topological polar surface area (TPSA) is 55.4 Å². The van der Waals surface area contributed by atoms with E-state index in [4.69, 9.17) is 4.74 Å². The van der Waals surface area contributed by atoms with Crippen LogP contribution in [0.15, 0.2) is 48.5 Å². The van der Waals surface area contributed by atoms with Crippen molar-refractivity contribution < 1.29 is 14.3 Å². The summed E-state index contributed by atoms with van der Waals surface area (Å²) in [6, 6.07) is 13.8. The largest absolute Gasteiger partial charge is 0.464 e. The van der Waals surface area contributed by atoms with Crippen molar-refractivity contribution in [1.82, 2.24) is 5.32 Å². The second-order valence-corrected chi connectivity index (χ2v) is 5.38. The number of esters is 1. The van der Waals surface area contributed by atoms with Crippen molar-refractivity contribution in [3.63, 3.8) is 0 Å². The van der Waals surface area contributed by atoms with Gasteiger partial charge in [-0.25, -0.2) is 4.79 Å². The molecule has 23 heavy (non-hydrogen) atoms. The van der Waals surface area contributed by atoms with Crippen LogP contribution >= 0.6 is 0 Å². The van der Waals surface area contributed by atoms with E-state index in [0.717, 1.165) is 16.7 Å². The summed E-state index contributed by atoms with van der Waals surface area (Å²) in [4.78, 5) is 24.8. The molecule has 0 spiro atoms. The SMILES string of the molecule is CCOC(=O)C(NC(=O)c1ccccc1)c1cc(C)ccc1C. The molecule has 0 heterocycles. The number of nitrogens with one attached hydrogen (secondary N) is 1. The fraction of sp³-hybridized carbons (Fsp3) is 0.263. The Morgan fingerprint density at radius 2 is 1.78 bits per heavy atom. The molecule has 2 aromatic rings. The molecule has 0 saturated carbocycles. The fourth-order valence-electron chi connectivity index (χ4n) is 2.36. The van der Waals surface area contributed by atoms with Crippen LogP contribution in [0, 0.1) is 13.8 Å². The molecule has 1 amide bonds. The summed E-state index contributed by atoms with van der Waals surface area (Å²) >= 11 is 0. The highest BCUT2D eigenvalue weighted by molar-refractivity contribution is 5.97. The Morgan fingerprint density at radius 3 is 2.43 bits per heavy atom. The lowest BCUT2D eigenvalue weighted by Crippen LogP contribution is -2.35. The van der Waals surface area contributed by atoms with Gasteiger partial charge in [0.05, 0.1) is 6.61 Å². The molecule has 0 aliphatic carbocycles. The second-order valence-electron chi connectivity index (χ2n) is 5.38. The highest BCUT2D eigenvalue weighted by Crippen LogP contribution is 2.21. The van der Waals surface area contributed by atoms with Crippen LogP contribution < -0.4 is 5.32 Å². The summed E-state index contributed by atoms with van der Waals surface area (Å²) in [5, 5.41) is 2.79. The van der Waals surface area contributed by atoms with Gasteiger partial charge in [-0.2, -0.15) is 0 Å². The normalized spacial score (nSPS) is 11.6. The Hall–Kier alpha value is -2.62. The maximum absolute atomic E-state index is 12.4. The Labute approximate surface area is 136 Å². The third-order valence-electron chi connectivity index (χ3n) is 3.58. The van der Waals surface area contributed by atoms with E-state index in [1.54, 1.807) is 31.2 Å². The number of carbonyl (C=O) groups is 2. The van der Waals surface area contributed by atoms with Gasteiger partial charge in [0.15, 0.2) is 6.04 Å². The van der Waals surface area contributed by atoms with E-state index in [-0.39, 0.29) is 12.5 Å². The zero-order valence-corrected chi connectivity index (χ0v) is 13.6. The smallest absolute Gasteiger partial charge is 0.333 e. The molecule has 1 unspecified atom stereocenters. The van der Waals surface area contributed by atoms with Crippen molar-refractivity contribution >= 4 is 11.9 Å². The predicted molar refractivity (Wildman–Crippen MR) is 89.2 cm³/mol.